The van der Waals surface area contributed by atoms with Crippen LogP contribution in [-0.4, -0.2) is 24.1 Å². The first-order valence-electron chi connectivity index (χ1n) is 7.36. The Morgan fingerprint density at radius 2 is 1.40 bits per heavy atom. The van der Waals surface area contributed by atoms with Crippen LogP contribution in [-0.2, 0) is 19.1 Å². The zero-order valence-corrected chi connectivity index (χ0v) is 14.2. The number of esters is 2. The molecular weight excluding hydrogens is 256 g/mol. The molecule has 0 aliphatic carbocycles. The van der Waals surface area contributed by atoms with Crippen LogP contribution in [0.4, 0.5) is 0 Å². The van der Waals surface area contributed by atoms with Gasteiger partial charge in [0.05, 0.1) is 11.8 Å². The third kappa shape index (κ3) is 4.80. The third-order valence-electron chi connectivity index (χ3n) is 3.95. The predicted molar refractivity (Wildman–Crippen MR) is 79.2 cm³/mol. The van der Waals surface area contributed by atoms with Gasteiger partial charge >= 0.3 is 11.9 Å². The minimum Gasteiger partial charge on any atom is -0.465 e. The highest BCUT2D eigenvalue weighted by atomic mass is 16.6. The van der Waals surface area contributed by atoms with Gasteiger partial charge in [-0.1, -0.05) is 48.5 Å². The number of carbonyl (C=O) groups is 2. The van der Waals surface area contributed by atoms with Crippen LogP contribution in [0.15, 0.2) is 0 Å². The molecule has 20 heavy (non-hydrogen) atoms. The lowest BCUT2D eigenvalue weighted by Gasteiger charge is -2.42. The summed E-state index contributed by atoms with van der Waals surface area (Å²) in [5.74, 6) is -0.781. The Morgan fingerprint density at radius 1 is 0.950 bits per heavy atom. The third-order valence-corrected chi connectivity index (χ3v) is 3.95. The van der Waals surface area contributed by atoms with Crippen molar-refractivity contribution in [1.29, 1.82) is 0 Å². The summed E-state index contributed by atoms with van der Waals surface area (Å²) in [7, 11) is 0. The van der Waals surface area contributed by atoms with Crippen LogP contribution in [0.3, 0.4) is 0 Å². The van der Waals surface area contributed by atoms with Crippen LogP contribution in [0, 0.1) is 17.3 Å². The molecular formula is C16H30O4. The van der Waals surface area contributed by atoms with E-state index < -0.39 is 11.0 Å². The maximum absolute atomic E-state index is 11.9. The van der Waals surface area contributed by atoms with E-state index in [-0.39, 0.29) is 30.4 Å². The number of carbonyl (C=O) groups excluding carboxylic acids is 2. The highest BCUT2D eigenvalue weighted by molar-refractivity contribution is 5.72. The summed E-state index contributed by atoms with van der Waals surface area (Å²) in [4.78, 5) is 23.5. The van der Waals surface area contributed by atoms with E-state index in [9.17, 15) is 9.59 Å². The summed E-state index contributed by atoms with van der Waals surface area (Å²) in [6.45, 7) is 15.2. The SMILES string of the molecule is CCC(C)(OC(=O)C(C)C)C(C)(C)COC(=O)C(C)C. The first-order chi connectivity index (χ1) is 8.97. The van der Waals surface area contributed by atoms with E-state index in [1.807, 2.05) is 41.5 Å². The van der Waals surface area contributed by atoms with Crippen LogP contribution in [0.25, 0.3) is 0 Å². The van der Waals surface area contributed by atoms with E-state index in [1.54, 1.807) is 13.8 Å². The zero-order valence-electron chi connectivity index (χ0n) is 14.2. The zero-order chi connectivity index (χ0) is 16.1. The molecule has 0 bridgehead atoms. The lowest BCUT2D eigenvalue weighted by molar-refractivity contribution is -0.184. The van der Waals surface area contributed by atoms with Gasteiger partial charge in [-0.25, -0.2) is 0 Å². The molecule has 0 amide bonds. The molecule has 0 spiro atoms. The normalized spacial score (nSPS) is 15.1. The second kappa shape index (κ2) is 7.09. The Balaban J connectivity index is 4.90. The highest BCUT2D eigenvalue weighted by Gasteiger charge is 2.44. The summed E-state index contributed by atoms with van der Waals surface area (Å²) >= 11 is 0. The average molecular weight is 286 g/mol. The smallest absolute Gasteiger partial charge is 0.308 e. The molecule has 0 radical (unpaired) electrons. The molecule has 0 aliphatic rings. The van der Waals surface area contributed by atoms with E-state index in [2.05, 4.69) is 0 Å². The number of rotatable bonds is 7. The Kier molecular flexibility index (Phi) is 6.72. The van der Waals surface area contributed by atoms with Crippen molar-refractivity contribution in [2.24, 2.45) is 17.3 Å². The minimum absolute atomic E-state index is 0.156. The lowest BCUT2D eigenvalue weighted by atomic mass is 9.74. The fourth-order valence-electron chi connectivity index (χ4n) is 1.60. The first-order valence-corrected chi connectivity index (χ1v) is 7.36. The standard InChI is InChI=1S/C16H30O4/c1-9-16(8,20-14(18)12(4)5)15(6,7)10-19-13(17)11(2)3/h11-12H,9-10H2,1-8H3. The van der Waals surface area contributed by atoms with Gasteiger partial charge in [-0.3, -0.25) is 9.59 Å². The molecule has 0 saturated heterocycles. The van der Waals surface area contributed by atoms with Gasteiger partial charge in [0.2, 0.25) is 0 Å². The fourth-order valence-corrected chi connectivity index (χ4v) is 1.60. The lowest BCUT2D eigenvalue weighted by Crippen LogP contribution is -2.49. The molecule has 0 heterocycles. The summed E-state index contributed by atoms with van der Waals surface area (Å²) in [5.41, 5.74) is -1.11. The molecule has 0 rings (SSSR count). The Bertz CT molecular complexity index is 344. The van der Waals surface area contributed by atoms with Crippen LogP contribution >= 0.6 is 0 Å². The molecule has 4 nitrogen and oxygen atoms in total. The average Bonchev–Trinajstić information content (AvgIpc) is 2.34. The van der Waals surface area contributed by atoms with Crippen molar-refractivity contribution in [3.8, 4) is 0 Å². The van der Waals surface area contributed by atoms with Crippen molar-refractivity contribution in [3.63, 3.8) is 0 Å². The van der Waals surface area contributed by atoms with Gasteiger partial charge in [0.1, 0.15) is 12.2 Å². The molecule has 1 atom stereocenters. The van der Waals surface area contributed by atoms with Gasteiger partial charge in [-0.2, -0.15) is 0 Å². The summed E-state index contributed by atoms with van der Waals surface area (Å²) in [6, 6.07) is 0. The van der Waals surface area contributed by atoms with Crippen molar-refractivity contribution in [1.82, 2.24) is 0 Å². The van der Waals surface area contributed by atoms with E-state index in [0.717, 1.165) is 0 Å². The Labute approximate surface area is 123 Å². The Hall–Kier alpha value is -1.06. The molecule has 0 N–H and O–H groups in total. The quantitative estimate of drug-likeness (QED) is 0.671. The van der Waals surface area contributed by atoms with Crippen molar-refractivity contribution in [2.75, 3.05) is 6.61 Å². The van der Waals surface area contributed by atoms with Gasteiger partial charge in [0, 0.05) is 5.41 Å². The second-order valence-corrected chi connectivity index (χ2v) is 6.81. The number of hydrogen-bond acceptors (Lipinski definition) is 4. The molecule has 1 unspecified atom stereocenters. The van der Waals surface area contributed by atoms with Gasteiger partial charge in [0.25, 0.3) is 0 Å². The largest absolute Gasteiger partial charge is 0.465 e. The molecule has 118 valence electrons. The topological polar surface area (TPSA) is 52.6 Å². The van der Waals surface area contributed by atoms with Gasteiger partial charge in [0.15, 0.2) is 0 Å². The highest BCUT2D eigenvalue weighted by Crippen LogP contribution is 2.38. The molecule has 0 aromatic rings. The Morgan fingerprint density at radius 3 is 1.75 bits per heavy atom. The summed E-state index contributed by atoms with van der Waals surface area (Å²) in [5, 5.41) is 0. The van der Waals surface area contributed by atoms with Crippen LogP contribution < -0.4 is 0 Å². The summed E-state index contributed by atoms with van der Waals surface area (Å²) < 4.78 is 11.0. The van der Waals surface area contributed by atoms with Crippen molar-refractivity contribution in [2.45, 2.75) is 67.4 Å². The van der Waals surface area contributed by atoms with Crippen molar-refractivity contribution in [3.05, 3.63) is 0 Å². The van der Waals surface area contributed by atoms with Crippen molar-refractivity contribution < 1.29 is 19.1 Å². The molecule has 0 fully saturated rings. The van der Waals surface area contributed by atoms with Crippen LogP contribution in [0.1, 0.15) is 61.8 Å². The predicted octanol–water partition coefficient (Wildman–Crippen LogP) is 3.58. The minimum atomic E-state index is -0.661. The van der Waals surface area contributed by atoms with E-state index >= 15 is 0 Å². The van der Waals surface area contributed by atoms with Crippen molar-refractivity contribution >= 4 is 11.9 Å². The maximum Gasteiger partial charge on any atom is 0.308 e. The van der Waals surface area contributed by atoms with Gasteiger partial charge < -0.3 is 9.47 Å². The van der Waals surface area contributed by atoms with Crippen LogP contribution in [0.2, 0.25) is 0 Å². The van der Waals surface area contributed by atoms with Crippen LogP contribution in [0.5, 0.6) is 0 Å². The number of hydrogen-bond donors (Lipinski definition) is 0. The maximum atomic E-state index is 11.9. The second-order valence-electron chi connectivity index (χ2n) is 6.81. The molecule has 0 aromatic heterocycles. The fraction of sp³-hybridized carbons (Fsp3) is 0.875. The van der Waals surface area contributed by atoms with E-state index in [1.165, 1.54) is 0 Å². The van der Waals surface area contributed by atoms with Gasteiger partial charge in [-0.05, 0) is 13.3 Å². The molecule has 0 saturated carbocycles. The number of ether oxygens (including phenoxy) is 2. The molecule has 0 aliphatic heterocycles. The molecule has 4 heteroatoms. The molecule has 0 aromatic carbocycles. The monoisotopic (exact) mass is 286 g/mol. The van der Waals surface area contributed by atoms with E-state index in [0.29, 0.717) is 6.42 Å². The first kappa shape index (κ1) is 18.9. The summed E-state index contributed by atoms with van der Waals surface area (Å²) in [6.07, 6.45) is 0.664. The van der Waals surface area contributed by atoms with Gasteiger partial charge in [-0.15, -0.1) is 0 Å². The van der Waals surface area contributed by atoms with E-state index in [4.69, 9.17) is 9.47 Å².